The molecule has 1 aliphatic heterocycles. The summed E-state index contributed by atoms with van der Waals surface area (Å²) in [6.45, 7) is 0.307. The summed E-state index contributed by atoms with van der Waals surface area (Å²) in [5.41, 5.74) is 0. The lowest BCUT2D eigenvalue weighted by atomic mass is 9.97. The molecular formula is C10H19NO9P+. The van der Waals surface area contributed by atoms with E-state index in [4.69, 9.17) is 19.5 Å². The van der Waals surface area contributed by atoms with E-state index in [2.05, 4.69) is 9.84 Å². The molecule has 10 nitrogen and oxygen atoms in total. The highest BCUT2D eigenvalue weighted by Crippen LogP contribution is 2.22. The van der Waals surface area contributed by atoms with Gasteiger partial charge in [0.1, 0.15) is 31.0 Å². The third-order valence-corrected chi connectivity index (χ3v) is 3.22. The van der Waals surface area contributed by atoms with Gasteiger partial charge in [-0.3, -0.25) is 4.79 Å². The molecule has 1 heterocycles. The fraction of sp³-hybridized carbons (Fsp3) is 0.900. The van der Waals surface area contributed by atoms with Gasteiger partial charge in [-0.05, 0) is 0 Å². The molecule has 0 aliphatic carbocycles. The van der Waals surface area contributed by atoms with Crippen molar-refractivity contribution in [1.29, 1.82) is 0 Å². The summed E-state index contributed by atoms with van der Waals surface area (Å²) in [6.07, 6.45) is -5.02. The zero-order valence-electron chi connectivity index (χ0n) is 11.3. The van der Waals surface area contributed by atoms with E-state index in [-0.39, 0.29) is 13.2 Å². The van der Waals surface area contributed by atoms with Crippen LogP contribution < -0.4 is 5.32 Å². The highest BCUT2D eigenvalue weighted by molar-refractivity contribution is 7.32. The van der Waals surface area contributed by atoms with E-state index < -0.39 is 51.4 Å². The fourth-order valence-electron chi connectivity index (χ4n) is 1.89. The standard InChI is InChI=1S/C10H18NO9P/c1-5(13)11-7-9(15)8(14)6(4-12)20-10(7)18-2-3-19-21(16)17/h6-10,12,14-15H,2-4H2,1H3,(H-,11,13,16,17)/p+1/t6-,7?,8+,9-,10-/m1/s1. The summed E-state index contributed by atoms with van der Waals surface area (Å²) >= 11 is 0. The van der Waals surface area contributed by atoms with Gasteiger partial charge in [-0.15, -0.1) is 9.42 Å². The lowest BCUT2D eigenvalue weighted by Crippen LogP contribution is -2.64. The molecular weight excluding hydrogens is 309 g/mol. The largest absolute Gasteiger partial charge is 0.694 e. The number of aliphatic hydroxyl groups is 3. The summed E-state index contributed by atoms with van der Waals surface area (Å²) in [7, 11) is -2.75. The molecule has 1 fully saturated rings. The van der Waals surface area contributed by atoms with Crippen LogP contribution in [0.5, 0.6) is 0 Å². The number of aliphatic hydroxyl groups excluding tert-OH is 3. The molecule has 5 N–H and O–H groups in total. The number of ether oxygens (including phenoxy) is 2. The first-order valence-electron chi connectivity index (χ1n) is 6.17. The van der Waals surface area contributed by atoms with E-state index in [1.807, 2.05) is 0 Å². The molecule has 6 atom stereocenters. The normalized spacial score (nSPS) is 33.6. The SMILES string of the molecule is CC(=O)NC1[C@H](OCCO[P+](=O)O)O[C@H](CO)[C@H](O)[C@@H]1O. The van der Waals surface area contributed by atoms with Crippen LogP contribution in [0.15, 0.2) is 0 Å². The first-order chi connectivity index (χ1) is 9.86. The maximum Gasteiger partial charge on any atom is 0.694 e. The molecule has 1 saturated heterocycles. The second-order valence-electron chi connectivity index (χ2n) is 4.37. The van der Waals surface area contributed by atoms with Crippen LogP contribution in [0.2, 0.25) is 0 Å². The van der Waals surface area contributed by atoms with Crippen molar-refractivity contribution < 1.29 is 43.6 Å². The van der Waals surface area contributed by atoms with Crippen LogP contribution in [0.3, 0.4) is 0 Å². The van der Waals surface area contributed by atoms with Gasteiger partial charge >= 0.3 is 8.25 Å². The van der Waals surface area contributed by atoms with E-state index in [9.17, 15) is 19.6 Å². The van der Waals surface area contributed by atoms with Crippen molar-refractivity contribution in [2.45, 2.75) is 37.6 Å². The number of hydrogen-bond acceptors (Lipinski definition) is 8. The Kier molecular flexibility index (Phi) is 7.57. The first kappa shape index (κ1) is 18.3. The van der Waals surface area contributed by atoms with E-state index >= 15 is 0 Å². The maximum atomic E-state index is 11.1. The van der Waals surface area contributed by atoms with Crippen LogP contribution in [0.4, 0.5) is 0 Å². The van der Waals surface area contributed by atoms with Crippen molar-refractivity contribution in [3.8, 4) is 0 Å². The van der Waals surface area contributed by atoms with Gasteiger partial charge in [-0.1, -0.05) is 0 Å². The van der Waals surface area contributed by atoms with Gasteiger partial charge in [-0.25, -0.2) is 0 Å². The Labute approximate surface area is 121 Å². The molecule has 0 aromatic carbocycles. The van der Waals surface area contributed by atoms with Crippen molar-refractivity contribution in [2.24, 2.45) is 0 Å². The molecule has 0 aromatic heterocycles. The lowest BCUT2D eigenvalue weighted by Gasteiger charge is -2.42. The van der Waals surface area contributed by atoms with Crippen LogP contribution in [0, 0.1) is 0 Å². The zero-order valence-corrected chi connectivity index (χ0v) is 12.2. The van der Waals surface area contributed by atoms with E-state index in [0.717, 1.165) is 0 Å². The third-order valence-electron chi connectivity index (χ3n) is 2.82. The summed E-state index contributed by atoms with van der Waals surface area (Å²) in [4.78, 5) is 19.6. The molecule has 0 aromatic rings. The molecule has 1 rings (SSSR count). The zero-order chi connectivity index (χ0) is 16.0. The molecule has 0 bridgehead atoms. The van der Waals surface area contributed by atoms with Crippen LogP contribution in [0.1, 0.15) is 6.92 Å². The predicted octanol–water partition coefficient (Wildman–Crippen LogP) is -2.39. The van der Waals surface area contributed by atoms with Gasteiger partial charge in [-0.2, -0.15) is 0 Å². The monoisotopic (exact) mass is 328 g/mol. The minimum absolute atomic E-state index is 0.149. The smallest absolute Gasteiger partial charge is 0.394 e. The Morgan fingerprint density at radius 3 is 2.52 bits per heavy atom. The Morgan fingerprint density at radius 1 is 1.33 bits per heavy atom. The van der Waals surface area contributed by atoms with Crippen molar-refractivity contribution >= 4 is 14.2 Å². The minimum atomic E-state index is -2.75. The second kappa shape index (κ2) is 8.66. The quantitative estimate of drug-likeness (QED) is 0.254. The highest BCUT2D eigenvalue weighted by Gasteiger charge is 2.45. The molecule has 0 radical (unpaired) electrons. The number of carbonyl (C=O) groups excluding carboxylic acids is 1. The molecule has 11 heteroatoms. The molecule has 1 aliphatic rings. The average Bonchev–Trinajstić information content (AvgIpc) is 2.41. The van der Waals surface area contributed by atoms with Gasteiger partial charge in [0.15, 0.2) is 6.29 Å². The Bertz CT molecular complexity index is 368. The van der Waals surface area contributed by atoms with Crippen molar-refractivity contribution in [3.63, 3.8) is 0 Å². The fourth-order valence-corrected chi connectivity index (χ4v) is 2.12. The second-order valence-corrected chi connectivity index (χ2v) is 5.11. The van der Waals surface area contributed by atoms with E-state index in [0.29, 0.717) is 0 Å². The van der Waals surface area contributed by atoms with Gasteiger partial charge < -0.3 is 30.1 Å². The highest BCUT2D eigenvalue weighted by atomic mass is 31.1. The molecule has 21 heavy (non-hydrogen) atoms. The Balaban J connectivity index is 2.64. The third kappa shape index (κ3) is 5.53. The van der Waals surface area contributed by atoms with Crippen LogP contribution in [-0.4, -0.2) is 76.6 Å². The summed E-state index contributed by atoms with van der Waals surface area (Å²) in [6, 6.07) is -1.05. The van der Waals surface area contributed by atoms with Gasteiger partial charge in [0, 0.05) is 11.5 Å². The first-order valence-corrected chi connectivity index (χ1v) is 7.30. The van der Waals surface area contributed by atoms with E-state index in [1.165, 1.54) is 6.92 Å². The van der Waals surface area contributed by atoms with Gasteiger partial charge in [0.2, 0.25) is 5.91 Å². The Morgan fingerprint density at radius 2 is 2.00 bits per heavy atom. The van der Waals surface area contributed by atoms with Crippen molar-refractivity contribution in [3.05, 3.63) is 0 Å². The summed E-state index contributed by atoms with van der Waals surface area (Å²) in [5, 5.41) is 31.1. The van der Waals surface area contributed by atoms with Crippen LogP contribution in [-0.2, 0) is 23.4 Å². The number of amides is 1. The number of carbonyl (C=O) groups is 1. The molecule has 0 spiro atoms. The van der Waals surface area contributed by atoms with Crippen molar-refractivity contribution in [1.82, 2.24) is 5.32 Å². The van der Waals surface area contributed by atoms with Crippen molar-refractivity contribution in [2.75, 3.05) is 19.8 Å². The molecule has 2 unspecified atom stereocenters. The number of hydrogen-bond donors (Lipinski definition) is 5. The molecule has 1 amide bonds. The topological polar surface area (TPSA) is 155 Å². The predicted molar refractivity (Wildman–Crippen MR) is 67.1 cm³/mol. The van der Waals surface area contributed by atoms with Gasteiger partial charge in [0.25, 0.3) is 0 Å². The minimum Gasteiger partial charge on any atom is -0.394 e. The Hall–Kier alpha value is -0.710. The molecule has 0 saturated carbocycles. The van der Waals surface area contributed by atoms with E-state index in [1.54, 1.807) is 0 Å². The van der Waals surface area contributed by atoms with Crippen LogP contribution >= 0.6 is 8.25 Å². The lowest BCUT2D eigenvalue weighted by molar-refractivity contribution is -0.271. The maximum absolute atomic E-state index is 11.1. The van der Waals surface area contributed by atoms with Gasteiger partial charge in [0.05, 0.1) is 13.2 Å². The number of rotatable bonds is 7. The summed E-state index contributed by atoms with van der Waals surface area (Å²) in [5.74, 6) is -0.472. The number of nitrogens with one attached hydrogen (secondary N) is 1. The van der Waals surface area contributed by atoms with Crippen LogP contribution in [0.25, 0.3) is 0 Å². The molecule has 122 valence electrons. The average molecular weight is 328 g/mol. The summed E-state index contributed by atoms with van der Waals surface area (Å²) < 4.78 is 25.2.